The van der Waals surface area contributed by atoms with Gasteiger partial charge in [0.1, 0.15) is 13.2 Å². The molecule has 8 nitrogen and oxygen atoms in total. The van der Waals surface area contributed by atoms with E-state index in [1.54, 1.807) is 6.08 Å². The number of phosphoric acid groups is 1. The number of rotatable bonds is 38. The molecule has 0 spiro atoms. The highest BCUT2D eigenvalue weighted by atomic mass is 31.2. The highest BCUT2D eigenvalue weighted by Gasteiger charge is 2.27. The van der Waals surface area contributed by atoms with Crippen molar-refractivity contribution < 1.29 is 32.9 Å². The first-order valence-corrected chi connectivity index (χ1v) is 23.5. The van der Waals surface area contributed by atoms with Crippen LogP contribution in [0.5, 0.6) is 0 Å². The normalized spacial score (nSPS) is 15.2. The SMILES string of the molecule is CC/C=C\C/C=C\C/C=C\C/C=C\C/C=C\C/C=C\CCCCCCCCC(=O)NC(COP(=O)(O)OCC[N+](C)(C)C)C(O)/C=C/CCCCCCCCC. The van der Waals surface area contributed by atoms with Crippen LogP contribution in [0.2, 0.25) is 0 Å². The number of nitrogens with one attached hydrogen (secondary N) is 1. The number of carbonyl (C=O) groups excluding carboxylic acids is 1. The van der Waals surface area contributed by atoms with E-state index in [4.69, 9.17) is 9.05 Å². The van der Waals surface area contributed by atoms with Gasteiger partial charge in [-0.25, -0.2) is 4.57 Å². The number of likely N-dealkylation sites (N-methyl/N-ethyl adjacent to an activating group) is 1. The largest absolute Gasteiger partial charge is 0.472 e. The van der Waals surface area contributed by atoms with Gasteiger partial charge in [-0.05, 0) is 70.6 Å². The average Bonchev–Trinajstić information content (AvgIpc) is 3.15. The molecule has 3 N–H and O–H groups in total. The fourth-order valence-corrected chi connectivity index (χ4v) is 6.37. The van der Waals surface area contributed by atoms with Crippen molar-refractivity contribution in [2.45, 2.75) is 167 Å². The van der Waals surface area contributed by atoms with Gasteiger partial charge in [-0.2, -0.15) is 0 Å². The molecular formula is C47H84N2O6P+. The van der Waals surface area contributed by atoms with Crippen molar-refractivity contribution in [2.24, 2.45) is 0 Å². The van der Waals surface area contributed by atoms with Crippen LogP contribution < -0.4 is 5.32 Å². The van der Waals surface area contributed by atoms with Gasteiger partial charge in [0.05, 0.1) is 39.9 Å². The number of aliphatic hydroxyl groups excluding tert-OH is 1. The lowest BCUT2D eigenvalue weighted by molar-refractivity contribution is -0.870. The Morgan fingerprint density at radius 3 is 1.57 bits per heavy atom. The van der Waals surface area contributed by atoms with Gasteiger partial charge in [-0.1, -0.05) is 163 Å². The number of allylic oxidation sites excluding steroid dienone is 13. The van der Waals surface area contributed by atoms with Crippen LogP contribution in [0.4, 0.5) is 0 Å². The Hall–Kier alpha value is -2.32. The number of amides is 1. The van der Waals surface area contributed by atoms with E-state index in [1.807, 2.05) is 27.2 Å². The lowest BCUT2D eigenvalue weighted by Gasteiger charge is -2.25. The summed E-state index contributed by atoms with van der Waals surface area (Å²) < 4.78 is 23.5. The van der Waals surface area contributed by atoms with Crippen LogP contribution in [0.15, 0.2) is 85.1 Å². The third-order valence-corrected chi connectivity index (χ3v) is 10.1. The monoisotopic (exact) mass is 804 g/mol. The molecule has 0 aromatic heterocycles. The molecule has 0 radical (unpaired) electrons. The van der Waals surface area contributed by atoms with E-state index in [9.17, 15) is 19.4 Å². The highest BCUT2D eigenvalue weighted by molar-refractivity contribution is 7.47. The second-order valence-corrected chi connectivity index (χ2v) is 17.1. The number of phosphoric ester groups is 1. The maximum Gasteiger partial charge on any atom is 0.472 e. The quantitative estimate of drug-likeness (QED) is 0.0248. The maximum absolute atomic E-state index is 12.8. The summed E-state index contributed by atoms with van der Waals surface area (Å²) in [4.78, 5) is 23.0. The number of hydrogen-bond acceptors (Lipinski definition) is 5. The smallest absolute Gasteiger partial charge is 0.387 e. The molecule has 0 aliphatic rings. The molecule has 0 aliphatic heterocycles. The minimum Gasteiger partial charge on any atom is -0.387 e. The zero-order valence-corrected chi connectivity index (χ0v) is 37.2. The Kier molecular flexibility index (Phi) is 36.6. The summed E-state index contributed by atoms with van der Waals surface area (Å²) in [6.07, 6.45) is 52.3. The number of quaternary nitrogens is 1. The van der Waals surface area contributed by atoms with E-state index in [0.717, 1.165) is 89.9 Å². The van der Waals surface area contributed by atoms with Crippen molar-refractivity contribution in [2.75, 3.05) is 40.9 Å². The van der Waals surface area contributed by atoms with Crippen molar-refractivity contribution in [3.63, 3.8) is 0 Å². The summed E-state index contributed by atoms with van der Waals surface area (Å²) in [5, 5.41) is 13.7. The van der Waals surface area contributed by atoms with Crippen LogP contribution in [0.25, 0.3) is 0 Å². The number of aliphatic hydroxyl groups is 1. The van der Waals surface area contributed by atoms with Crippen molar-refractivity contribution in [3.8, 4) is 0 Å². The van der Waals surface area contributed by atoms with Gasteiger partial charge in [0, 0.05) is 6.42 Å². The summed E-state index contributed by atoms with van der Waals surface area (Å²) in [5.74, 6) is -0.200. The van der Waals surface area contributed by atoms with Gasteiger partial charge in [0.25, 0.3) is 0 Å². The Balaban J connectivity index is 4.32. The molecule has 0 bridgehead atoms. The first-order chi connectivity index (χ1) is 27.0. The van der Waals surface area contributed by atoms with E-state index in [2.05, 4.69) is 92.1 Å². The molecule has 0 aromatic rings. The number of unbranched alkanes of at least 4 members (excludes halogenated alkanes) is 13. The van der Waals surface area contributed by atoms with E-state index in [1.165, 1.54) is 44.9 Å². The average molecular weight is 804 g/mol. The summed E-state index contributed by atoms with van der Waals surface area (Å²) >= 11 is 0. The van der Waals surface area contributed by atoms with Gasteiger partial charge < -0.3 is 19.8 Å². The molecule has 3 unspecified atom stereocenters. The molecule has 0 heterocycles. The fourth-order valence-electron chi connectivity index (χ4n) is 5.63. The molecule has 56 heavy (non-hydrogen) atoms. The summed E-state index contributed by atoms with van der Waals surface area (Å²) in [6.45, 7) is 4.62. The lowest BCUT2D eigenvalue weighted by Crippen LogP contribution is -2.45. The molecule has 9 heteroatoms. The molecule has 0 fully saturated rings. The molecule has 0 aliphatic carbocycles. The molecule has 0 aromatic carbocycles. The molecule has 0 rings (SSSR count). The van der Waals surface area contributed by atoms with Gasteiger partial charge in [-0.3, -0.25) is 13.8 Å². The van der Waals surface area contributed by atoms with Crippen molar-refractivity contribution >= 4 is 13.7 Å². The minimum atomic E-state index is -4.34. The van der Waals surface area contributed by atoms with E-state index in [0.29, 0.717) is 17.4 Å². The Bertz CT molecular complexity index is 1180. The third kappa shape index (κ3) is 39.9. The predicted molar refractivity (Wildman–Crippen MR) is 239 cm³/mol. The van der Waals surface area contributed by atoms with Gasteiger partial charge in [0.2, 0.25) is 5.91 Å². The van der Waals surface area contributed by atoms with E-state index >= 15 is 0 Å². The number of nitrogens with zero attached hydrogens (tertiary/aromatic N) is 1. The van der Waals surface area contributed by atoms with Crippen LogP contribution in [-0.2, 0) is 18.4 Å². The third-order valence-electron chi connectivity index (χ3n) is 9.12. The second kappa shape index (κ2) is 38.2. The van der Waals surface area contributed by atoms with Gasteiger partial charge in [0.15, 0.2) is 0 Å². The predicted octanol–water partition coefficient (Wildman–Crippen LogP) is 12.2. The molecule has 0 saturated carbocycles. The first kappa shape index (κ1) is 53.7. The van der Waals surface area contributed by atoms with Crippen LogP contribution in [-0.4, -0.2) is 73.4 Å². The van der Waals surface area contributed by atoms with E-state index in [-0.39, 0.29) is 19.1 Å². The zero-order valence-electron chi connectivity index (χ0n) is 36.3. The Labute approximate surface area is 344 Å². The lowest BCUT2D eigenvalue weighted by atomic mass is 10.1. The first-order valence-electron chi connectivity index (χ1n) is 22.0. The number of carbonyl (C=O) groups is 1. The molecular weight excluding hydrogens is 719 g/mol. The van der Waals surface area contributed by atoms with Crippen LogP contribution in [0.1, 0.15) is 155 Å². The maximum atomic E-state index is 12.8. The second-order valence-electron chi connectivity index (χ2n) is 15.7. The van der Waals surface area contributed by atoms with Crippen LogP contribution in [0.3, 0.4) is 0 Å². The fraction of sp³-hybridized carbons (Fsp3) is 0.681. The standard InChI is InChI=1S/C47H83N2O6P/c1-6-8-10-12-14-16-17-18-19-20-21-22-23-24-25-26-27-28-29-30-31-33-35-37-39-41-47(51)48-45(44-55-56(52,53)54-43-42-49(3,4)5)46(50)40-38-36-34-32-15-13-11-9-7-2/h8,10,14,16,18-19,21-22,24-25,27-28,38,40,45-46,50H,6-7,9,11-13,15,17,20,23,26,29-37,39,41-44H2,1-5H3,(H-,48,51,52,53)/p+1/b10-8-,16-14-,19-18-,22-21-,25-24-,28-27-,40-38+. The van der Waals surface area contributed by atoms with Crippen LogP contribution >= 0.6 is 7.82 Å². The molecule has 322 valence electrons. The van der Waals surface area contributed by atoms with Gasteiger partial charge >= 0.3 is 7.82 Å². The Morgan fingerprint density at radius 1 is 0.625 bits per heavy atom. The minimum absolute atomic E-state index is 0.0533. The molecule has 1 amide bonds. The van der Waals surface area contributed by atoms with Crippen molar-refractivity contribution in [1.82, 2.24) is 5.32 Å². The zero-order chi connectivity index (χ0) is 41.4. The summed E-state index contributed by atoms with van der Waals surface area (Å²) in [6, 6.07) is -0.857. The molecule has 3 atom stereocenters. The topological polar surface area (TPSA) is 105 Å². The summed E-state index contributed by atoms with van der Waals surface area (Å²) in [7, 11) is 1.54. The summed E-state index contributed by atoms with van der Waals surface area (Å²) in [5.41, 5.74) is 0. The highest BCUT2D eigenvalue weighted by Crippen LogP contribution is 2.43. The number of hydrogen-bond donors (Lipinski definition) is 3. The van der Waals surface area contributed by atoms with Crippen LogP contribution in [0, 0.1) is 0 Å². The Morgan fingerprint density at radius 2 is 1.07 bits per heavy atom. The molecule has 0 saturated heterocycles. The van der Waals surface area contributed by atoms with Gasteiger partial charge in [-0.15, -0.1) is 0 Å². The van der Waals surface area contributed by atoms with E-state index < -0.39 is 20.0 Å². The van der Waals surface area contributed by atoms with Crippen molar-refractivity contribution in [3.05, 3.63) is 85.1 Å². The van der Waals surface area contributed by atoms with Crippen molar-refractivity contribution in [1.29, 1.82) is 0 Å².